The molecule has 1 aliphatic carbocycles. The van der Waals surface area contributed by atoms with Crippen molar-refractivity contribution in [2.45, 2.75) is 19.8 Å². The molecule has 0 spiro atoms. The molecule has 8 heteroatoms. The zero-order valence-electron chi connectivity index (χ0n) is 15.6. The molecule has 1 aliphatic rings. The van der Waals surface area contributed by atoms with E-state index in [9.17, 15) is 9.18 Å². The van der Waals surface area contributed by atoms with E-state index in [1.54, 1.807) is 19.1 Å². The normalized spacial score (nSPS) is 13.5. The van der Waals surface area contributed by atoms with Gasteiger partial charge in [-0.1, -0.05) is 15.9 Å². The average molecular weight is 462 g/mol. The molecule has 5 nitrogen and oxygen atoms in total. The predicted molar refractivity (Wildman–Crippen MR) is 110 cm³/mol. The van der Waals surface area contributed by atoms with Crippen LogP contribution in [0, 0.1) is 24.5 Å². The van der Waals surface area contributed by atoms with Gasteiger partial charge >= 0.3 is 0 Å². The Hall–Kier alpha value is -2.58. The summed E-state index contributed by atoms with van der Waals surface area (Å²) >= 11 is 3.19. The van der Waals surface area contributed by atoms with Crippen LogP contribution in [0.2, 0.25) is 0 Å². The topological polar surface area (TPSA) is 63.2 Å². The Balaban J connectivity index is 1.76. The van der Waals surface area contributed by atoms with E-state index in [-0.39, 0.29) is 22.5 Å². The number of hydrogen-bond acceptors (Lipinski definition) is 4. The highest BCUT2D eigenvalue weighted by Gasteiger charge is 2.24. The Morgan fingerprint density at radius 1 is 1.28 bits per heavy atom. The number of aromatic nitrogens is 1. The zero-order valence-corrected chi connectivity index (χ0v) is 17.1. The van der Waals surface area contributed by atoms with Crippen molar-refractivity contribution in [1.82, 2.24) is 10.5 Å². The van der Waals surface area contributed by atoms with Gasteiger partial charge in [0.25, 0.3) is 5.91 Å². The van der Waals surface area contributed by atoms with Gasteiger partial charge in [0.15, 0.2) is 5.82 Å². The fourth-order valence-electron chi connectivity index (χ4n) is 2.97. The summed E-state index contributed by atoms with van der Waals surface area (Å²) in [7, 11) is 0. The van der Waals surface area contributed by atoms with Gasteiger partial charge in [-0.15, -0.1) is 0 Å². The van der Waals surface area contributed by atoms with E-state index in [4.69, 9.17) is 4.84 Å². The van der Waals surface area contributed by atoms with Gasteiger partial charge in [-0.3, -0.25) is 14.6 Å². The van der Waals surface area contributed by atoms with Crippen molar-refractivity contribution in [3.05, 3.63) is 63.8 Å². The maximum Gasteiger partial charge on any atom is 0.277 e. The lowest BCUT2D eigenvalue weighted by Crippen LogP contribution is -2.26. The number of anilines is 2. The van der Waals surface area contributed by atoms with Gasteiger partial charge in [0, 0.05) is 16.1 Å². The molecule has 29 heavy (non-hydrogen) atoms. The van der Waals surface area contributed by atoms with Gasteiger partial charge in [0.2, 0.25) is 0 Å². The molecule has 0 atom stereocenters. The number of nitrogens with zero attached hydrogens (tertiary/aromatic N) is 1. The van der Waals surface area contributed by atoms with Crippen molar-refractivity contribution in [2.24, 2.45) is 5.92 Å². The quantitative estimate of drug-likeness (QED) is 0.482. The van der Waals surface area contributed by atoms with Crippen LogP contribution in [-0.4, -0.2) is 17.5 Å². The Labute approximate surface area is 174 Å². The lowest BCUT2D eigenvalue weighted by Gasteiger charge is -2.16. The highest BCUT2D eigenvalue weighted by molar-refractivity contribution is 9.10. The van der Waals surface area contributed by atoms with Gasteiger partial charge < -0.3 is 5.32 Å². The first kappa shape index (κ1) is 19.7. The molecule has 150 valence electrons. The van der Waals surface area contributed by atoms with Crippen molar-refractivity contribution < 1.29 is 18.4 Å². The van der Waals surface area contributed by atoms with E-state index >= 15 is 4.39 Å². The molecule has 2 aromatic carbocycles. The molecule has 4 rings (SSSR count). The van der Waals surface area contributed by atoms with Gasteiger partial charge in [-0.05, 0) is 61.6 Å². The highest BCUT2D eigenvalue weighted by atomic mass is 79.9. The molecule has 2 N–H and O–H groups in total. The molecule has 0 bridgehead atoms. The number of fused-ring (bicyclic) bond motifs is 1. The van der Waals surface area contributed by atoms with Crippen LogP contribution in [0.3, 0.4) is 0 Å². The van der Waals surface area contributed by atoms with Crippen molar-refractivity contribution in [3.63, 3.8) is 0 Å². The number of hydroxylamine groups is 1. The summed E-state index contributed by atoms with van der Waals surface area (Å²) in [5, 5.41) is 3.21. The average Bonchev–Trinajstić information content (AvgIpc) is 3.50. The number of amides is 1. The second-order valence-corrected chi connectivity index (χ2v) is 7.99. The number of carbonyl (C=O) groups excluding carboxylic acids is 1. The first-order valence-corrected chi connectivity index (χ1v) is 9.95. The second-order valence-electron chi connectivity index (χ2n) is 7.07. The highest BCUT2D eigenvalue weighted by Crippen LogP contribution is 2.33. The van der Waals surface area contributed by atoms with E-state index in [2.05, 4.69) is 31.7 Å². The van der Waals surface area contributed by atoms with Crippen molar-refractivity contribution in [2.75, 3.05) is 11.9 Å². The summed E-state index contributed by atoms with van der Waals surface area (Å²) in [5.74, 6) is -1.49. The van der Waals surface area contributed by atoms with Crippen LogP contribution in [0.1, 0.15) is 28.8 Å². The Kier molecular flexibility index (Phi) is 5.47. The van der Waals surface area contributed by atoms with E-state index < -0.39 is 17.5 Å². The number of hydrogen-bond donors (Lipinski definition) is 2. The Morgan fingerprint density at radius 3 is 2.79 bits per heavy atom. The maximum absolute atomic E-state index is 15.3. The fraction of sp³-hybridized carbons (Fsp3) is 0.238. The molecule has 0 unspecified atom stereocenters. The lowest BCUT2D eigenvalue weighted by atomic mass is 10.0. The van der Waals surface area contributed by atoms with E-state index in [1.807, 2.05) is 0 Å². The van der Waals surface area contributed by atoms with Crippen LogP contribution in [-0.2, 0) is 4.84 Å². The number of rotatable bonds is 6. The summed E-state index contributed by atoms with van der Waals surface area (Å²) in [6.07, 6.45) is 3.63. The van der Waals surface area contributed by atoms with Gasteiger partial charge in [-0.25, -0.2) is 14.3 Å². The van der Waals surface area contributed by atoms with Crippen LogP contribution >= 0.6 is 15.9 Å². The summed E-state index contributed by atoms with van der Waals surface area (Å²) in [6, 6.07) is 7.59. The van der Waals surface area contributed by atoms with Gasteiger partial charge in [0.1, 0.15) is 11.3 Å². The predicted octanol–water partition coefficient (Wildman–Crippen LogP) is 5.40. The number of halogens is 3. The first-order chi connectivity index (χ1) is 13.9. The minimum absolute atomic E-state index is 0.00390. The van der Waals surface area contributed by atoms with Crippen LogP contribution in [0.15, 0.2) is 41.0 Å². The smallest absolute Gasteiger partial charge is 0.277 e. The maximum atomic E-state index is 15.3. The minimum atomic E-state index is -0.735. The van der Waals surface area contributed by atoms with Crippen molar-refractivity contribution >= 4 is 44.1 Å². The third-order valence-corrected chi connectivity index (χ3v) is 5.30. The number of benzene rings is 2. The summed E-state index contributed by atoms with van der Waals surface area (Å²) in [6.45, 7) is 2.21. The third-order valence-electron chi connectivity index (χ3n) is 4.81. The standard InChI is InChI=1S/C21H18BrF2N3O2/c1-11-6-7-25-19-14(11)9-15(21(28)27-29-10-12-2-3-12)20(18(19)24)26-17-5-4-13(22)8-16(17)23/h4-9,12,26H,2-3,10H2,1H3,(H,27,28). The Bertz CT molecular complexity index is 1100. The third kappa shape index (κ3) is 4.23. The van der Waals surface area contributed by atoms with Crippen molar-refractivity contribution in [3.8, 4) is 0 Å². The first-order valence-electron chi connectivity index (χ1n) is 9.16. The molecular formula is C21H18BrF2N3O2. The molecule has 1 heterocycles. The number of aryl methyl sites for hydroxylation is 1. The molecule has 3 aromatic rings. The number of nitrogens with one attached hydrogen (secondary N) is 2. The van der Waals surface area contributed by atoms with Crippen molar-refractivity contribution in [1.29, 1.82) is 0 Å². The number of pyridine rings is 1. The molecule has 1 aromatic heterocycles. The molecule has 0 aliphatic heterocycles. The second kappa shape index (κ2) is 8.04. The SMILES string of the molecule is Cc1ccnc2c(F)c(Nc3ccc(Br)cc3F)c(C(=O)NOCC3CC3)cc12. The monoisotopic (exact) mass is 461 g/mol. The molecule has 0 saturated heterocycles. The zero-order chi connectivity index (χ0) is 20.5. The summed E-state index contributed by atoms with van der Waals surface area (Å²) in [5.41, 5.74) is 3.10. The van der Waals surface area contributed by atoms with Crippen LogP contribution in [0.5, 0.6) is 0 Å². The van der Waals surface area contributed by atoms with Crippen LogP contribution in [0.25, 0.3) is 10.9 Å². The van der Waals surface area contributed by atoms with Crippen LogP contribution < -0.4 is 10.8 Å². The molecular weight excluding hydrogens is 444 g/mol. The van der Waals surface area contributed by atoms with E-state index in [0.29, 0.717) is 22.4 Å². The molecule has 0 radical (unpaired) electrons. The molecule has 1 saturated carbocycles. The Morgan fingerprint density at radius 2 is 2.07 bits per heavy atom. The van der Waals surface area contributed by atoms with E-state index in [0.717, 1.165) is 18.4 Å². The summed E-state index contributed by atoms with van der Waals surface area (Å²) in [4.78, 5) is 22.1. The number of carbonyl (C=O) groups is 1. The van der Waals surface area contributed by atoms with Crippen LogP contribution in [0.4, 0.5) is 20.2 Å². The fourth-order valence-corrected chi connectivity index (χ4v) is 3.30. The summed E-state index contributed by atoms with van der Waals surface area (Å²) < 4.78 is 30.2. The van der Waals surface area contributed by atoms with E-state index in [1.165, 1.54) is 24.4 Å². The van der Waals surface area contributed by atoms with Gasteiger partial charge in [-0.2, -0.15) is 0 Å². The lowest BCUT2D eigenvalue weighted by molar-refractivity contribution is 0.0271. The van der Waals surface area contributed by atoms with Gasteiger partial charge in [0.05, 0.1) is 23.5 Å². The molecule has 1 amide bonds. The largest absolute Gasteiger partial charge is 0.350 e. The minimum Gasteiger partial charge on any atom is -0.350 e. The molecule has 1 fully saturated rings.